The second-order valence-electron chi connectivity index (χ2n) is 3.41. The maximum atomic E-state index is 11.1. The largest absolute Gasteiger partial charge is 0.469 e. The van der Waals surface area contributed by atoms with Crippen LogP contribution in [0.1, 0.15) is 12.7 Å². The van der Waals surface area contributed by atoms with Crippen molar-refractivity contribution in [1.82, 2.24) is 15.0 Å². The van der Waals surface area contributed by atoms with E-state index in [9.17, 15) is 4.79 Å². The highest BCUT2D eigenvalue weighted by Gasteiger charge is 2.13. The Labute approximate surface area is 103 Å². The molecule has 0 bridgehead atoms. The van der Waals surface area contributed by atoms with Gasteiger partial charge in [-0.1, -0.05) is 6.92 Å². The van der Waals surface area contributed by atoms with Crippen LogP contribution < -0.4 is 11.5 Å². The van der Waals surface area contributed by atoms with Gasteiger partial charge in [-0.3, -0.25) is 4.79 Å². The minimum atomic E-state index is -0.229. The van der Waals surface area contributed by atoms with Gasteiger partial charge in [0.1, 0.15) is 5.82 Å². The predicted molar refractivity (Wildman–Crippen MR) is 66.0 cm³/mol. The number of hydrogen-bond donors (Lipinski definition) is 2. The van der Waals surface area contributed by atoms with Crippen molar-refractivity contribution in [1.29, 1.82) is 0 Å². The molecule has 0 aliphatic rings. The van der Waals surface area contributed by atoms with E-state index in [2.05, 4.69) is 19.7 Å². The zero-order valence-corrected chi connectivity index (χ0v) is 10.5. The summed E-state index contributed by atoms with van der Waals surface area (Å²) in [7, 11) is 1.37. The number of hydrogen-bond acceptors (Lipinski definition) is 8. The lowest BCUT2D eigenvalue weighted by Crippen LogP contribution is -2.15. The first-order valence-electron chi connectivity index (χ1n) is 4.94. The topological polar surface area (TPSA) is 117 Å². The van der Waals surface area contributed by atoms with Crippen molar-refractivity contribution in [3.05, 3.63) is 5.82 Å². The first kappa shape index (κ1) is 13.5. The van der Waals surface area contributed by atoms with Gasteiger partial charge >= 0.3 is 5.97 Å². The van der Waals surface area contributed by atoms with Gasteiger partial charge in [0, 0.05) is 5.75 Å². The molecular weight excluding hydrogens is 242 g/mol. The summed E-state index contributed by atoms with van der Waals surface area (Å²) in [6.07, 6.45) is 0. The zero-order chi connectivity index (χ0) is 12.8. The lowest BCUT2D eigenvalue weighted by Gasteiger charge is -2.08. The molecule has 1 heterocycles. The highest BCUT2D eigenvalue weighted by atomic mass is 32.2. The summed E-state index contributed by atoms with van der Waals surface area (Å²) in [5, 5.41) is 0. The van der Waals surface area contributed by atoms with Crippen LogP contribution in [0.25, 0.3) is 0 Å². The van der Waals surface area contributed by atoms with E-state index < -0.39 is 0 Å². The van der Waals surface area contributed by atoms with Crippen LogP contribution in [0.15, 0.2) is 0 Å². The van der Waals surface area contributed by atoms with E-state index in [1.165, 1.54) is 18.9 Å². The summed E-state index contributed by atoms with van der Waals surface area (Å²) in [4.78, 5) is 22.7. The zero-order valence-electron chi connectivity index (χ0n) is 9.71. The van der Waals surface area contributed by atoms with Crippen molar-refractivity contribution >= 4 is 29.6 Å². The molecule has 1 aromatic heterocycles. The molecule has 1 aromatic rings. The summed E-state index contributed by atoms with van der Waals surface area (Å²) in [6.45, 7) is 1.80. The second kappa shape index (κ2) is 6.24. The smallest absolute Gasteiger partial charge is 0.309 e. The molecule has 0 radical (unpaired) electrons. The fourth-order valence-corrected chi connectivity index (χ4v) is 2.04. The molecule has 1 unspecified atom stereocenters. The van der Waals surface area contributed by atoms with Crippen molar-refractivity contribution in [3.8, 4) is 0 Å². The first-order chi connectivity index (χ1) is 8.02. The van der Waals surface area contributed by atoms with Gasteiger partial charge in [-0.15, -0.1) is 0 Å². The number of rotatable bonds is 5. The van der Waals surface area contributed by atoms with Gasteiger partial charge in [-0.25, -0.2) is 0 Å². The maximum Gasteiger partial charge on any atom is 0.309 e. The number of carbonyl (C=O) groups excluding carboxylic acids is 1. The molecule has 1 atom stereocenters. The highest BCUT2D eigenvalue weighted by molar-refractivity contribution is 7.98. The molecule has 0 fully saturated rings. The standard InChI is InChI=1S/C9H15N5O2S/c1-5(7(15)16-2)3-17-4-6-12-8(10)14-9(11)13-6/h5H,3-4H2,1-2H3,(H4,10,11,12,13,14). The Bertz CT molecular complexity index is 381. The number of anilines is 2. The number of nitrogen functional groups attached to an aromatic ring is 2. The lowest BCUT2D eigenvalue weighted by molar-refractivity contribution is -0.143. The van der Waals surface area contributed by atoms with Gasteiger partial charge in [0.05, 0.1) is 18.8 Å². The summed E-state index contributed by atoms with van der Waals surface area (Å²) in [5.74, 6) is 1.48. The number of nitrogens with two attached hydrogens (primary N) is 2. The Morgan fingerprint density at radius 1 is 1.35 bits per heavy atom. The van der Waals surface area contributed by atoms with Crippen molar-refractivity contribution in [3.63, 3.8) is 0 Å². The number of aromatic nitrogens is 3. The van der Waals surface area contributed by atoms with Crippen LogP contribution in [-0.4, -0.2) is 33.8 Å². The Balaban J connectivity index is 2.43. The lowest BCUT2D eigenvalue weighted by atomic mass is 10.2. The van der Waals surface area contributed by atoms with Crippen LogP contribution in [-0.2, 0) is 15.3 Å². The van der Waals surface area contributed by atoms with Crippen LogP contribution in [0.4, 0.5) is 11.9 Å². The number of carbonyl (C=O) groups is 1. The average molecular weight is 257 g/mol. The molecule has 0 saturated heterocycles. The third-order valence-electron chi connectivity index (χ3n) is 1.92. The van der Waals surface area contributed by atoms with Gasteiger partial charge in [0.2, 0.25) is 11.9 Å². The van der Waals surface area contributed by atoms with Gasteiger partial charge < -0.3 is 16.2 Å². The summed E-state index contributed by atoms with van der Waals surface area (Å²) in [5.41, 5.74) is 10.9. The van der Waals surface area contributed by atoms with Crippen LogP contribution in [0.5, 0.6) is 0 Å². The molecule has 0 aromatic carbocycles. The van der Waals surface area contributed by atoms with Crippen molar-refractivity contribution in [2.45, 2.75) is 12.7 Å². The Kier molecular flexibility index (Phi) is 4.95. The highest BCUT2D eigenvalue weighted by Crippen LogP contribution is 2.14. The fourth-order valence-electron chi connectivity index (χ4n) is 1.12. The molecular formula is C9H15N5O2S. The maximum absolute atomic E-state index is 11.1. The minimum absolute atomic E-state index is 0.106. The molecule has 7 nitrogen and oxygen atoms in total. The van der Waals surface area contributed by atoms with E-state index in [-0.39, 0.29) is 23.8 Å². The van der Waals surface area contributed by atoms with Crippen molar-refractivity contribution in [2.75, 3.05) is 24.3 Å². The number of esters is 1. The van der Waals surface area contributed by atoms with Gasteiger partial charge in [0.25, 0.3) is 0 Å². The Hall–Kier alpha value is -1.57. The first-order valence-corrected chi connectivity index (χ1v) is 6.10. The number of thioether (sulfide) groups is 1. The van der Waals surface area contributed by atoms with E-state index >= 15 is 0 Å². The van der Waals surface area contributed by atoms with Crippen molar-refractivity contribution < 1.29 is 9.53 Å². The molecule has 0 aliphatic heterocycles. The molecule has 1 rings (SSSR count). The predicted octanol–water partition coefficient (Wildman–Crippen LogP) is 0.0783. The molecule has 17 heavy (non-hydrogen) atoms. The SMILES string of the molecule is COC(=O)C(C)CSCc1nc(N)nc(N)n1. The number of methoxy groups -OCH3 is 1. The minimum Gasteiger partial charge on any atom is -0.469 e. The van der Waals surface area contributed by atoms with Crippen LogP contribution >= 0.6 is 11.8 Å². The number of nitrogens with zero attached hydrogens (tertiary/aromatic N) is 3. The summed E-state index contributed by atoms with van der Waals surface area (Å²) in [6, 6.07) is 0. The van der Waals surface area contributed by atoms with E-state index in [0.29, 0.717) is 17.3 Å². The van der Waals surface area contributed by atoms with E-state index in [1.54, 1.807) is 6.92 Å². The average Bonchev–Trinajstić information content (AvgIpc) is 2.26. The van der Waals surface area contributed by atoms with Crippen LogP contribution in [0, 0.1) is 5.92 Å². The summed E-state index contributed by atoms with van der Waals surface area (Å²) < 4.78 is 4.62. The third kappa shape index (κ3) is 4.43. The van der Waals surface area contributed by atoms with Crippen LogP contribution in [0.2, 0.25) is 0 Å². The molecule has 4 N–H and O–H groups in total. The molecule has 0 amide bonds. The Morgan fingerprint density at radius 2 is 1.94 bits per heavy atom. The van der Waals surface area contributed by atoms with Gasteiger partial charge in [0.15, 0.2) is 0 Å². The molecule has 0 saturated carbocycles. The normalized spacial score (nSPS) is 12.1. The molecule has 0 spiro atoms. The number of ether oxygens (including phenoxy) is 1. The third-order valence-corrected chi connectivity index (χ3v) is 3.12. The van der Waals surface area contributed by atoms with E-state index in [1.807, 2.05) is 0 Å². The van der Waals surface area contributed by atoms with Gasteiger partial charge in [-0.2, -0.15) is 26.7 Å². The Morgan fingerprint density at radius 3 is 2.47 bits per heavy atom. The van der Waals surface area contributed by atoms with E-state index in [4.69, 9.17) is 11.5 Å². The van der Waals surface area contributed by atoms with Gasteiger partial charge in [-0.05, 0) is 0 Å². The van der Waals surface area contributed by atoms with Crippen molar-refractivity contribution in [2.24, 2.45) is 5.92 Å². The second-order valence-corrected chi connectivity index (χ2v) is 4.44. The quantitative estimate of drug-likeness (QED) is 0.712. The molecule has 8 heteroatoms. The fraction of sp³-hybridized carbons (Fsp3) is 0.556. The van der Waals surface area contributed by atoms with Crippen LogP contribution in [0.3, 0.4) is 0 Å². The molecule has 94 valence electrons. The summed E-state index contributed by atoms with van der Waals surface area (Å²) >= 11 is 1.51. The molecule has 0 aliphatic carbocycles. The van der Waals surface area contributed by atoms with E-state index in [0.717, 1.165) is 0 Å². The monoisotopic (exact) mass is 257 g/mol.